The molecular formula is C16H25N5O. The van der Waals surface area contributed by atoms with E-state index in [0.717, 1.165) is 31.2 Å². The zero-order chi connectivity index (χ0) is 16.0. The molecule has 0 unspecified atom stereocenters. The smallest absolute Gasteiger partial charge is 0.218 e. The molecule has 0 saturated heterocycles. The van der Waals surface area contributed by atoms with Crippen LogP contribution in [-0.4, -0.2) is 32.7 Å². The van der Waals surface area contributed by atoms with E-state index in [0.29, 0.717) is 12.5 Å². The molecule has 0 radical (unpaired) electrons. The van der Waals surface area contributed by atoms with Crippen molar-refractivity contribution in [3.05, 3.63) is 30.6 Å². The number of hydrogen-bond acceptors (Lipinski definition) is 5. The Morgan fingerprint density at radius 3 is 2.73 bits per heavy atom. The van der Waals surface area contributed by atoms with Crippen LogP contribution < -0.4 is 10.1 Å². The van der Waals surface area contributed by atoms with Crippen LogP contribution in [0.2, 0.25) is 0 Å². The van der Waals surface area contributed by atoms with Crippen molar-refractivity contribution in [3.8, 4) is 5.88 Å². The van der Waals surface area contributed by atoms with Crippen LogP contribution in [-0.2, 0) is 12.0 Å². The second kappa shape index (κ2) is 7.24. The lowest BCUT2D eigenvalue weighted by molar-refractivity contribution is 0.322. The van der Waals surface area contributed by atoms with Gasteiger partial charge in [-0.25, -0.2) is 9.97 Å². The van der Waals surface area contributed by atoms with Gasteiger partial charge in [-0.2, -0.15) is 4.98 Å². The second-order valence-corrected chi connectivity index (χ2v) is 6.18. The fourth-order valence-electron chi connectivity index (χ4n) is 1.97. The van der Waals surface area contributed by atoms with E-state index in [1.165, 1.54) is 0 Å². The van der Waals surface area contributed by atoms with Crippen LogP contribution in [0, 0.1) is 0 Å². The highest BCUT2D eigenvalue weighted by molar-refractivity contribution is 5.39. The summed E-state index contributed by atoms with van der Waals surface area (Å²) >= 11 is 0. The Kier molecular flexibility index (Phi) is 5.35. The quantitative estimate of drug-likeness (QED) is 0.797. The maximum Gasteiger partial charge on any atom is 0.218 e. The molecule has 6 heteroatoms. The molecule has 2 aromatic heterocycles. The number of aryl methyl sites for hydroxylation is 1. The van der Waals surface area contributed by atoms with Crippen molar-refractivity contribution >= 4 is 5.82 Å². The highest BCUT2D eigenvalue weighted by Gasteiger charge is 2.19. The van der Waals surface area contributed by atoms with Crippen LogP contribution >= 0.6 is 0 Å². The molecule has 22 heavy (non-hydrogen) atoms. The number of hydrogen-bond donors (Lipinski definition) is 1. The van der Waals surface area contributed by atoms with Crippen LogP contribution in [0.25, 0.3) is 0 Å². The molecule has 6 nitrogen and oxygen atoms in total. The number of anilines is 1. The average molecular weight is 303 g/mol. The van der Waals surface area contributed by atoms with Crippen LogP contribution in [0.4, 0.5) is 5.82 Å². The third kappa shape index (κ3) is 4.72. The molecule has 0 fully saturated rings. The molecule has 2 heterocycles. The summed E-state index contributed by atoms with van der Waals surface area (Å²) in [4.78, 5) is 13.1. The molecule has 0 amide bonds. The molecule has 0 bridgehead atoms. The van der Waals surface area contributed by atoms with Crippen molar-refractivity contribution in [2.45, 2.75) is 46.1 Å². The molecule has 0 aliphatic carbocycles. The molecule has 2 aromatic rings. The molecule has 0 saturated carbocycles. The van der Waals surface area contributed by atoms with Gasteiger partial charge >= 0.3 is 0 Å². The van der Waals surface area contributed by atoms with Gasteiger partial charge in [0.25, 0.3) is 0 Å². The highest BCUT2D eigenvalue weighted by Crippen LogP contribution is 2.23. The van der Waals surface area contributed by atoms with Gasteiger partial charge in [-0.05, 0) is 13.3 Å². The number of nitrogens with zero attached hydrogens (tertiary/aromatic N) is 4. The van der Waals surface area contributed by atoms with Crippen molar-refractivity contribution in [1.29, 1.82) is 0 Å². The largest absolute Gasteiger partial charge is 0.478 e. The van der Waals surface area contributed by atoms with Crippen molar-refractivity contribution in [3.63, 3.8) is 0 Å². The van der Waals surface area contributed by atoms with Gasteiger partial charge in [-0.15, -0.1) is 0 Å². The zero-order valence-electron chi connectivity index (χ0n) is 13.8. The maximum absolute atomic E-state index is 5.54. The first kappa shape index (κ1) is 16.3. The molecule has 0 aliphatic heterocycles. The third-order valence-corrected chi connectivity index (χ3v) is 3.12. The van der Waals surface area contributed by atoms with Crippen molar-refractivity contribution in [2.75, 3.05) is 18.5 Å². The van der Waals surface area contributed by atoms with E-state index < -0.39 is 0 Å². The number of imidazole rings is 1. The Morgan fingerprint density at radius 1 is 1.27 bits per heavy atom. The lowest BCUT2D eigenvalue weighted by Gasteiger charge is -2.18. The Bertz CT molecular complexity index is 575. The Hall–Kier alpha value is -2.11. The average Bonchev–Trinajstić information content (AvgIpc) is 2.96. The molecule has 0 atom stereocenters. The van der Waals surface area contributed by atoms with E-state index in [9.17, 15) is 0 Å². The number of nitrogens with one attached hydrogen (secondary N) is 1. The lowest BCUT2D eigenvalue weighted by atomic mass is 9.96. The molecule has 2 rings (SSSR count). The summed E-state index contributed by atoms with van der Waals surface area (Å²) in [6.45, 7) is 10.6. The van der Waals surface area contributed by atoms with Crippen LogP contribution in [0.1, 0.15) is 39.9 Å². The van der Waals surface area contributed by atoms with Crippen molar-refractivity contribution in [2.24, 2.45) is 0 Å². The Labute approximate surface area is 132 Å². The molecule has 0 aromatic carbocycles. The van der Waals surface area contributed by atoms with E-state index >= 15 is 0 Å². The highest BCUT2D eigenvalue weighted by atomic mass is 16.5. The molecule has 1 N–H and O–H groups in total. The minimum Gasteiger partial charge on any atom is -0.478 e. The molecule has 120 valence electrons. The van der Waals surface area contributed by atoms with E-state index in [1.807, 2.05) is 25.5 Å². The first-order valence-electron chi connectivity index (χ1n) is 7.71. The van der Waals surface area contributed by atoms with E-state index in [1.54, 1.807) is 6.20 Å². The van der Waals surface area contributed by atoms with Gasteiger partial charge in [0.1, 0.15) is 11.6 Å². The van der Waals surface area contributed by atoms with Crippen LogP contribution in [0.15, 0.2) is 24.8 Å². The lowest BCUT2D eigenvalue weighted by Crippen LogP contribution is -2.18. The predicted octanol–water partition coefficient (Wildman–Crippen LogP) is 2.87. The van der Waals surface area contributed by atoms with Crippen LogP contribution in [0.5, 0.6) is 5.88 Å². The zero-order valence-corrected chi connectivity index (χ0v) is 13.8. The summed E-state index contributed by atoms with van der Waals surface area (Å²) in [6.07, 6.45) is 6.59. The minimum atomic E-state index is -0.111. The third-order valence-electron chi connectivity index (χ3n) is 3.12. The SMILES string of the molecule is CCOc1cc(NCCCn2ccnc2)nc(C(C)(C)C)n1. The van der Waals surface area contributed by atoms with Gasteiger partial charge in [0.2, 0.25) is 5.88 Å². The predicted molar refractivity (Wildman–Crippen MR) is 87.2 cm³/mol. The standard InChI is InChI=1S/C16H25N5O/c1-5-22-14-11-13(19-15(20-14)16(2,3)4)18-7-6-9-21-10-8-17-12-21/h8,10-12H,5-7,9H2,1-4H3,(H,18,19,20). The Balaban J connectivity index is 1.97. The summed E-state index contributed by atoms with van der Waals surface area (Å²) in [5, 5.41) is 3.35. The fourth-order valence-corrected chi connectivity index (χ4v) is 1.97. The fraction of sp³-hybridized carbons (Fsp3) is 0.562. The van der Waals surface area contributed by atoms with E-state index in [-0.39, 0.29) is 5.41 Å². The second-order valence-electron chi connectivity index (χ2n) is 6.18. The number of ether oxygens (including phenoxy) is 1. The number of aromatic nitrogens is 4. The van der Waals surface area contributed by atoms with E-state index in [2.05, 4.69) is 45.6 Å². The summed E-state index contributed by atoms with van der Waals surface area (Å²) in [7, 11) is 0. The first-order valence-corrected chi connectivity index (χ1v) is 7.71. The summed E-state index contributed by atoms with van der Waals surface area (Å²) in [5.74, 6) is 2.23. The van der Waals surface area contributed by atoms with Gasteiger partial charge in [0.05, 0.1) is 12.9 Å². The molecule has 0 spiro atoms. The Morgan fingerprint density at radius 2 is 2.09 bits per heavy atom. The van der Waals surface area contributed by atoms with Gasteiger partial charge in [-0.3, -0.25) is 0 Å². The summed E-state index contributed by atoms with van der Waals surface area (Å²) in [6, 6.07) is 1.86. The van der Waals surface area contributed by atoms with Crippen LogP contribution in [0.3, 0.4) is 0 Å². The minimum absolute atomic E-state index is 0.111. The summed E-state index contributed by atoms with van der Waals surface area (Å²) in [5.41, 5.74) is -0.111. The molecule has 0 aliphatic rings. The van der Waals surface area contributed by atoms with Crippen molar-refractivity contribution in [1.82, 2.24) is 19.5 Å². The number of rotatable bonds is 7. The van der Waals surface area contributed by atoms with E-state index in [4.69, 9.17) is 4.74 Å². The van der Waals surface area contributed by atoms with Gasteiger partial charge in [0, 0.05) is 37.0 Å². The van der Waals surface area contributed by atoms with Gasteiger partial charge in [-0.1, -0.05) is 20.8 Å². The first-order chi connectivity index (χ1) is 10.5. The maximum atomic E-state index is 5.54. The van der Waals surface area contributed by atoms with Crippen molar-refractivity contribution < 1.29 is 4.74 Å². The van der Waals surface area contributed by atoms with Gasteiger partial charge in [0.15, 0.2) is 0 Å². The topological polar surface area (TPSA) is 64.9 Å². The summed E-state index contributed by atoms with van der Waals surface area (Å²) < 4.78 is 7.61. The molecular weight excluding hydrogens is 278 g/mol. The monoisotopic (exact) mass is 303 g/mol. The van der Waals surface area contributed by atoms with Gasteiger partial charge < -0.3 is 14.6 Å². The normalized spacial score (nSPS) is 11.5.